The van der Waals surface area contributed by atoms with Crippen LogP contribution in [0.4, 0.5) is 0 Å². The van der Waals surface area contributed by atoms with Crippen LogP contribution in [0.3, 0.4) is 0 Å². The van der Waals surface area contributed by atoms with Crippen molar-refractivity contribution in [1.82, 2.24) is 14.5 Å². The van der Waals surface area contributed by atoms with E-state index < -0.39 is 0 Å². The summed E-state index contributed by atoms with van der Waals surface area (Å²) in [5.74, 6) is 0.589. The first-order valence-electron chi connectivity index (χ1n) is 19.7. The summed E-state index contributed by atoms with van der Waals surface area (Å²) in [6.45, 7) is 0. The van der Waals surface area contributed by atoms with Gasteiger partial charge in [0.1, 0.15) is 11.2 Å². The Hall–Kier alpha value is -8.58. The van der Waals surface area contributed by atoms with E-state index in [1.165, 1.54) is 0 Å². The van der Waals surface area contributed by atoms with Gasteiger partial charge in [-0.3, -0.25) is 0 Å². The first-order valence-corrected chi connectivity index (χ1v) is 19.7. The van der Waals surface area contributed by atoms with Gasteiger partial charge in [-0.25, -0.2) is 9.97 Å². The van der Waals surface area contributed by atoms with Gasteiger partial charge in [-0.2, -0.15) is 10.5 Å². The van der Waals surface area contributed by atoms with Crippen LogP contribution in [-0.2, 0) is 0 Å². The number of hydrogen-bond acceptors (Lipinski definition) is 5. The van der Waals surface area contributed by atoms with Crippen LogP contribution >= 0.6 is 0 Å². The maximum Gasteiger partial charge on any atom is 0.160 e. The van der Waals surface area contributed by atoms with Crippen molar-refractivity contribution in [2.24, 2.45) is 0 Å². The van der Waals surface area contributed by atoms with Gasteiger partial charge in [-0.15, -0.1) is 0 Å². The molecule has 0 aliphatic carbocycles. The molecule has 0 saturated heterocycles. The minimum atomic E-state index is 0.522. The maximum atomic E-state index is 10.7. The SMILES string of the molecule is N#Cc1ccccc1-c1cc(-c2cc(-c3ccccc3)nc(-c3ccccc3)n2)cc(-c2ccccc2C#N)c1-n1c2ccccc2c2c3oc4ccccc4c3ccc21. The summed E-state index contributed by atoms with van der Waals surface area (Å²) < 4.78 is 8.96. The van der Waals surface area contributed by atoms with E-state index in [4.69, 9.17) is 14.4 Å². The highest BCUT2D eigenvalue weighted by Gasteiger charge is 2.26. The molecule has 0 amide bonds. The minimum absolute atomic E-state index is 0.522. The van der Waals surface area contributed by atoms with Gasteiger partial charge in [0.15, 0.2) is 5.82 Å². The van der Waals surface area contributed by atoms with Gasteiger partial charge >= 0.3 is 0 Å². The summed E-state index contributed by atoms with van der Waals surface area (Å²) in [6, 6.07) is 67.5. The van der Waals surface area contributed by atoms with E-state index in [-0.39, 0.29) is 0 Å². The number of rotatable bonds is 6. The number of furan rings is 1. The average Bonchev–Trinajstić information content (AvgIpc) is 3.87. The lowest BCUT2D eigenvalue weighted by Gasteiger charge is -2.22. The van der Waals surface area contributed by atoms with E-state index in [1.807, 2.05) is 127 Å². The zero-order valence-electron chi connectivity index (χ0n) is 32.0. The van der Waals surface area contributed by atoms with Crippen molar-refractivity contribution in [1.29, 1.82) is 10.5 Å². The first kappa shape index (κ1) is 34.7. The van der Waals surface area contributed by atoms with E-state index in [9.17, 15) is 10.5 Å². The Labute approximate surface area is 345 Å². The third-order valence-corrected chi connectivity index (χ3v) is 11.3. The Kier molecular flexibility index (Phi) is 8.15. The van der Waals surface area contributed by atoms with Crippen LogP contribution in [0.15, 0.2) is 192 Å². The van der Waals surface area contributed by atoms with Crippen LogP contribution in [0.25, 0.3) is 106 Å². The topological polar surface area (TPSA) is 91.4 Å². The molecule has 60 heavy (non-hydrogen) atoms. The fourth-order valence-electron chi connectivity index (χ4n) is 8.61. The molecule has 0 saturated carbocycles. The predicted octanol–water partition coefficient (Wildman–Crippen LogP) is 13.6. The molecule has 11 rings (SSSR count). The summed E-state index contributed by atoms with van der Waals surface area (Å²) in [7, 11) is 0. The van der Waals surface area contributed by atoms with Crippen molar-refractivity contribution in [2.45, 2.75) is 0 Å². The van der Waals surface area contributed by atoms with E-state index in [1.54, 1.807) is 0 Å². The third kappa shape index (κ3) is 5.56. The molecule has 3 heterocycles. The van der Waals surface area contributed by atoms with Crippen molar-refractivity contribution in [3.8, 4) is 74.0 Å². The largest absolute Gasteiger partial charge is 0.455 e. The van der Waals surface area contributed by atoms with Gasteiger partial charge in [-0.1, -0.05) is 133 Å². The first-order chi connectivity index (χ1) is 29.7. The highest BCUT2D eigenvalue weighted by molar-refractivity contribution is 6.24. The van der Waals surface area contributed by atoms with Gasteiger partial charge in [0.2, 0.25) is 0 Å². The number of fused-ring (bicyclic) bond motifs is 7. The zero-order chi connectivity index (χ0) is 40.2. The van der Waals surface area contributed by atoms with Crippen molar-refractivity contribution < 1.29 is 4.42 Å². The second-order valence-corrected chi connectivity index (χ2v) is 14.7. The van der Waals surface area contributed by atoms with E-state index in [2.05, 4.69) is 77.4 Å². The van der Waals surface area contributed by atoms with E-state index in [0.29, 0.717) is 22.6 Å². The molecule has 0 spiro atoms. The summed E-state index contributed by atoms with van der Waals surface area (Å²) >= 11 is 0. The summed E-state index contributed by atoms with van der Waals surface area (Å²) in [5.41, 5.74) is 12.6. The van der Waals surface area contributed by atoms with Crippen molar-refractivity contribution >= 4 is 43.7 Å². The molecule has 0 N–H and O–H groups in total. The molecule has 0 aliphatic rings. The normalized spacial score (nSPS) is 11.3. The van der Waals surface area contributed by atoms with Gasteiger partial charge in [0.05, 0.1) is 56.8 Å². The average molecular weight is 766 g/mol. The van der Waals surface area contributed by atoms with Gasteiger partial charge < -0.3 is 8.98 Å². The van der Waals surface area contributed by atoms with Crippen LogP contribution in [-0.4, -0.2) is 14.5 Å². The van der Waals surface area contributed by atoms with Crippen LogP contribution in [0.1, 0.15) is 11.1 Å². The van der Waals surface area contributed by atoms with Crippen LogP contribution in [0, 0.1) is 22.7 Å². The van der Waals surface area contributed by atoms with Crippen LogP contribution < -0.4 is 0 Å². The molecule has 0 aliphatic heterocycles. The van der Waals surface area contributed by atoms with Crippen LogP contribution in [0.2, 0.25) is 0 Å². The van der Waals surface area contributed by atoms with Gasteiger partial charge in [0, 0.05) is 55.1 Å². The number of nitrogens with zero attached hydrogens (tertiary/aromatic N) is 5. The Balaban J connectivity index is 1.31. The Morgan fingerprint density at radius 3 is 1.65 bits per heavy atom. The molecule has 6 heteroatoms. The number of hydrogen-bond donors (Lipinski definition) is 0. The van der Waals surface area contributed by atoms with Crippen molar-refractivity contribution in [3.63, 3.8) is 0 Å². The molecule has 6 nitrogen and oxygen atoms in total. The lowest BCUT2D eigenvalue weighted by molar-refractivity contribution is 0.673. The van der Waals surface area contributed by atoms with E-state index in [0.717, 1.165) is 94.1 Å². The quantitative estimate of drug-likeness (QED) is 0.168. The second-order valence-electron chi connectivity index (χ2n) is 14.7. The summed E-state index contributed by atoms with van der Waals surface area (Å²) in [6.07, 6.45) is 0. The Bertz CT molecular complexity index is 3430. The lowest BCUT2D eigenvalue weighted by Crippen LogP contribution is -2.04. The minimum Gasteiger partial charge on any atom is -0.455 e. The summed E-state index contributed by atoms with van der Waals surface area (Å²) in [4.78, 5) is 10.3. The molecule has 11 aromatic rings. The molecule has 0 unspecified atom stereocenters. The molecular weight excluding hydrogens is 735 g/mol. The molecule has 0 atom stereocenters. The second kappa shape index (κ2) is 14.1. The molecule has 3 aromatic heterocycles. The molecular formula is C54H31N5O. The number of para-hydroxylation sites is 2. The van der Waals surface area contributed by atoms with Gasteiger partial charge in [0.25, 0.3) is 0 Å². The lowest BCUT2D eigenvalue weighted by atomic mass is 9.88. The highest BCUT2D eigenvalue weighted by Crippen LogP contribution is 2.47. The number of nitriles is 2. The molecule has 0 fully saturated rings. The third-order valence-electron chi connectivity index (χ3n) is 11.3. The van der Waals surface area contributed by atoms with Gasteiger partial charge in [-0.05, 0) is 54.6 Å². The Morgan fingerprint density at radius 2 is 0.983 bits per heavy atom. The van der Waals surface area contributed by atoms with E-state index >= 15 is 0 Å². The monoisotopic (exact) mass is 765 g/mol. The molecule has 0 radical (unpaired) electrons. The molecule has 0 bridgehead atoms. The van der Waals surface area contributed by atoms with Crippen molar-refractivity contribution in [3.05, 3.63) is 199 Å². The number of aromatic nitrogens is 3. The fourth-order valence-corrected chi connectivity index (χ4v) is 8.61. The smallest absolute Gasteiger partial charge is 0.160 e. The summed E-state index contributed by atoms with van der Waals surface area (Å²) in [5, 5.41) is 25.5. The van der Waals surface area contributed by atoms with Crippen molar-refractivity contribution in [2.75, 3.05) is 0 Å². The standard InChI is InChI=1S/C54H31N5O/c55-32-36-19-7-9-21-39(36)44-29-38(47-31-46(34-15-3-1-4-16-34)57-54(58-47)35-17-5-2-6-18-35)30-45(40-22-10-8-20-37(40)33-56)52(44)59-48-25-13-11-24-43(48)51-49(59)28-27-42-41-23-12-14-26-50(41)60-53(42)51/h1-31H. The Morgan fingerprint density at radius 1 is 0.433 bits per heavy atom. The number of benzene rings is 8. The fraction of sp³-hybridized carbons (Fsp3) is 0. The maximum absolute atomic E-state index is 10.7. The zero-order valence-corrected chi connectivity index (χ0v) is 32.0. The molecule has 278 valence electrons. The molecule has 8 aromatic carbocycles. The highest BCUT2D eigenvalue weighted by atomic mass is 16.3. The predicted molar refractivity (Wildman–Crippen MR) is 240 cm³/mol. The van der Waals surface area contributed by atoms with Crippen LogP contribution in [0.5, 0.6) is 0 Å².